The molecule has 45 heavy (non-hydrogen) atoms. The van der Waals surface area contributed by atoms with Crippen molar-refractivity contribution in [2.75, 3.05) is 0 Å². The third-order valence-electron chi connectivity index (χ3n) is 10.3. The van der Waals surface area contributed by atoms with Crippen LogP contribution in [0.3, 0.4) is 0 Å². The van der Waals surface area contributed by atoms with Crippen molar-refractivity contribution in [1.29, 1.82) is 0 Å². The number of aliphatic hydroxyl groups excluding tert-OH is 2. The molecule has 2 unspecified atom stereocenters. The lowest BCUT2D eigenvalue weighted by Crippen LogP contribution is -2.74. The summed E-state index contributed by atoms with van der Waals surface area (Å²) in [6, 6.07) is 0. The fraction of sp³-hybridized carbons (Fsp3) is 0.525. The SMILES string of the molecule is CC(/C=C/C=C(C)/C=C/C(=O)[C@]1(C)C[C@@H](O)CC1(C)C)=C\C=C\C=C(C)\C=C\C=C(C)\C=C\C12OOC1(C)C[C@@H](O)CC2(C)C. The molecule has 1 heterocycles. The van der Waals surface area contributed by atoms with Crippen molar-refractivity contribution >= 4 is 5.78 Å². The van der Waals surface area contributed by atoms with Crippen LogP contribution in [-0.2, 0) is 14.6 Å². The molecule has 2 N–H and O–H groups in total. The number of hydrogen-bond acceptors (Lipinski definition) is 5. The van der Waals surface area contributed by atoms with E-state index in [1.165, 1.54) is 0 Å². The Morgan fingerprint density at radius 1 is 0.578 bits per heavy atom. The summed E-state index contributed by atoms with van der Waals surface area (Å²) < 4.78 is 0. The highest BCUT2D eigenvalue weighted by molar-refractivity contribution is 5.95. The van der Waals surface area contributed by atoms with Crippen LogP contribution in [0.4, 0.5) is 0 Å². The van der Waals surface area contributed by atoms with Gasteiger partial charge in [-0.2, -0.15) is 0 Å². The van der Waals surface area contributed by atoms with E-state index in [9.17, 15) is 15.0 Å². The first kappa shape index (κ1) is 36.6. The van der Waals surface area contributed by atoms with Gasteiger partial charge in [0.05, 0.1) is 12.2 Å². The summed E-state index contributed by atoms with van der Waals surface area (Å²) in [7, 11) is 0. The van der Waals surface area contributed by atoms with Crippen molar-refractivity contribution in [3.63, 3.8) is 0 Å². The molecule has 5 atom stereocenters. The molecular weight excluding hydrogens is 560 g/mol. The molecule has 3 rings (SSSR count). The van der Waals surface area contributed by atoms with E-state index >= 15 is 0 Å². The molecule has 2 saturated carbocycles. The Morgan fingerprint density at radius 3 is 1.51 bits per heavy atom. The number of carbonyl (C=O) groups is 1. The van der Waals surface area contributed by atoms with E-state index in [4.69, 9.17) is 9.78 Å². The molecule has 1 aliphatic heterocycles. The minimum Gasteiger partial charge on any atom is -0.393 e. The standard InChI is InChI=1S/C40H56O5/c1-29(17-13-19-31(3)21-22-35(43)38(9)27-33(41)25-36(38,5)6)15-11-12-16-30(2)18-14-20-32(4)23-24-40-37(7,8)26-34(42)28-39(40,10)44-45-40/h11-24,33-34,41-42H,25-28H2,1-10H3/b12-11+,17-13+,18-14+,22-21+,24-23+,29-15+,30-16+,31-19+,32-20+/t33-,34-,38-,39?,40?/m0/s1. The summed E-state index contributed by atoms with van der Waals surface area (Å²) in [6.07, 6.45) is 29.7. The summed E-state index contributed by atoms with van der Waals surface area (Å²) in [5, 5.41) is 20.4. The van der Waals surface area contributed by atoms with Gasteiger partial charge in [0.2, 0.25) is 0 Å². The van der Waals surface area contributed by atoms with Crippen LogP contribution in [0.15, 0.2) is 107 Å². The molecule has 246 valence electrons. The van der Waals surface area contributed by atoms with Crippen LogP contribution in [0.1, 0.15) is 94.9 Å². The van der Waals surface area contributed by atoms with Crippen molar-refractivity contribution in [2.24, 2.45) is 16.2 Å². The molecule has 0 radical (unpaired) electrons. The minimum atomic E-state index is -0.553. The summed E-state index contributed by atoms with van der Waals surface area (Å²) in [4.78, 5) is 24.2. The zero-order valence-corrected chi connectivity index (χ0v) is 29.2. The largest absolute Gasteiger partial charge is 0.393 e. The molecule has 1 saturated heterocycles. The van der Waals surface area contributed by atoms with Crippen molar-refractivity contribution in [2.45, 2.75) is 118 Å². The van der Waals surface area contributed by atoms with Gasteiger partial charge in [-0.15, -0.1) is 0 Å². The van der Waals surface area contributed by atoms with Crippen LogP contribution in [0.5, 0.6) is 0 Å². The monoisotopic (exact) mass is 616 g/mol. The van der Waals surface area contributed by atoms with E-state index in [2.05, 4.69) is 84.9 Å². The van der Waals surface area contributed by atoms with Gasteiger partial charge in [0.25, 0.3) is 0 Å². The number of ketones is 1. The second-order valence-electron chi connectivity index (χ2n) is 15.1. The molecule has 0 spiro atoms. The highest BCUT2D eigenvalue weighted by Crippen LogP contribution is 2.60. The van der Waals surface area contributed by atoms with Gasteiger partial charge in [0.15, 0.2) is 11.4 Å². The second-order valence-corrected chi connectivity index (χ2v) is 15.1. The Bertz CT molecular complexity index is 1360. The van der Waals surface area contributed by atoms with Gasteiger partial charge in [-0.05, 0) is 71.4 Å². The molecule has 0 aromatic heterocycles. The van der Waals surface area contributed by atoms with Gasteiger partial charge < -0.3 is 10.2 Å². The first-order valence-electron chi connectivity index (χ1n) is 16.2. The molecule has 0 aromatic rings. The molecule has 3 fully saturated rings. The van der Waals surface area contributed by atoms with E-state index in [1.807, 2.05) is 63.3 Å². The second kappa shape index (κ2) is 14.3. The van der Waals surface area contributed by atoms with E-state index in [1.54, 1.807) is 6.08 Å². The fourth-order valence-corrected chi connectivity index (χ4v) is 7.03. The Kier molecular flexibility index (Phi) is 11.6. The van der Waals surface area contributed by atoms with Crippen LogP contribution in [0, 0.1) is 16.2 Å². The summed E-state index contributed by atoms with van der Waals surface area (Å²) in [5.41, 5.74) is 2.26. The molecule has 0 aromatic carbocycles. The number of hydrogen-bond donors (Lipinski definition) is 2. The maximum Gasteiger partial charge on any atom is 0.162 e. The highest BCUT2D eigenvalue weighted by Gasteiger charge is 2.70. The van der Waals surface area contributed by atoms with E-state index in [0.717, 1.165) is 22.3 Å². The molecule has 0 amide bonds. The van der Waals surface area contributed by atoms with Crippen LogP contribution < -0.4 is 0 Å². The van der Waals surface area contributed by atoms with Crippen LogP contribution in [-0.4, -0.2) is 39.4 Å². The fourth-order valence-electron chi connectivity index (χ4n) is 7.03. The summed E-state index contributed by atoms with van der Waals surface area (Å²) in [6.45, 7) is 20.5. The van der Waals surface area contributed by atoms with Crippen LogP contribution in [0.25, 0.3) is 0 Å². The van der Waals surface area contributed by atoms with Crippen molar-refractivity contribution in [3.05, 3.63) is 107 Å². The first-order valence-corrected chi connectivity index (χ1v) is 16.2. The average molecular weight is 617 g/mol. The maximum absolute atomic E-state index is 12.9. The first-order chi connectivity index (χ1) is 20.9. The topological polar surface area (TPSA) is 76.0 Å². The average Bonchev–Trinajstić information content (AvgIpc) is 3.14. The number of fused-ring (bicyclic) bond motifs is 1. The minimum absolute atomic E-state index is 0.0793. The van der Waals surface area contributed by atoms with Crippen LogP contribution in [0.2, 0.25) is 0 Å². The van der Waals surface area contributed by atoms with E-state index in [-0.39, 0.29) is 22.7 Å². The number of carbonyl (C=O) groups excluding carboxylic acids is 1. The predicted octanol–water partition coefficient (Wildman–Crippen LogP) is 8.95. The predicted molar refractivity (Wildman–Crippen MR) is 185 cm³/mol. The van der Waals surface area contributed by atoms with Crippen LogP contribution >= 0.6 is 0 Å². The molecular formula is C40H56O5. The Morgan fingerprint density at radius 2 is 1.04 bits per heavy atom. The van der Waals surface area contributed by atoms with E-state index in [0.29, 0.717) is 25.7 Å². The maximum atomic E-state index is 12.9. The number of allylic oxidation sites excluding steroid dienone is 17. The normalized spacial score (nSPS) is 34.5. The van der Waals surface area contributed by atoms with Crippen molar-refractivity contribution < 1.29 is 24.8 Å². The molecule has 5 nitrogen and oxygen atoms in total. The Balaban J connectivity index is 1.50. The Hall–Kier alpha value is -2.83. The van der Waals surface area contributed by atoms with Gasteiger partial charge in [-0.3, -0.25) is 4.79 Å². The summed E-state index contributed by atoms with van der Waals surface area (Å²) in [5.74, 6) is 0.0793. The van der Waals surface area contributed by atoms with Crippen molar-refractivity contribution in [1.82, 2.24) is 0 Å². The highest BCUT2D eigenvalue weighted by atomic mass is 17.3. The Labute approximate surface area is 272 Å². The molecule has 5 heteroatoms. The lowest BCUT2D eigenvalue weighted by molar-refractivity contribution is -0.565. The lowest BCUT2D eigenvalue weighted by Gasteiger charge is -2.64. The third-order valence-corrected chi connectivity index (χ3v) is 10.3. The third kappa shape index (κ3) is 8.31. The number of aliphatic hydroxyl groups is 2. The lowest BCUT2D eigenvalue weighted by atomic mass is 9.56. The number of rotatable bonds is 11. The van der Waals surface area contributed by atoms with Crippen molar-refractivity contribution in [3.8, 4) is 0 Å². The smallest absolute Gasteiger partial charge is 0.162 e. The van der Waals surface area contributed by atoms with Gasteiger partial charge in [0.1, 0.15) is 5.60 Å². The van der Waals surface area contributed by atoms with Gasteiger partial charge in [-0.25, -0.2) is 9.78 Å². The van der Waals surface area contributed by atoms with E-state index < -0.39 is 22.7 Å². The summed E-state index contributed by atoms with van der Waals surface area (Å²) >= 11 is 0. The quantitative estimate of drug-likeness (QED) is 0.138. The molecule has 0 bridgehead atoms. The molecule has 2 aliphatic carbocycles. The van der Waals surface area contributed by atoms with Gasteiger partial charge in [-0.1, -0.05) is 130 Å². The van der Waals surface area contributed by atoms with Gasteiger partial charge >= 0.3 is 0 Å². The van der Waals surface area contributed by atoms with Gasteiger partial charge in [0, 0.05) is 17.3 Å². The zero-order valence-electron chi connectivity index (χ0n) is 29.2. The zero-order chi connectivity index (χ0) is 33.7. The molecule has 3 aliphatic rings.